The van der Waals surface area contributed by atoms with Gasteiger partial charge in [0.15, 0.2) is 0 Å². The van der Waals surface area contributed by atoms with E-state index in [0.717, 1.165) is 11.8 Å². The van der Waals surface area contributed by atoms with E-state index in [4.69, 9.17) is 0 Å². The SMILES string of the molecule is CCCCCCCCCCC(C[CH]CC(C)C(C)(C)C)C(C)(C)C. The average molecular weight is 338 g/mol. The monoisotopic (exact) mass is 337 g/mol. The lowest BCUT2D eigenvalue weighted by molar-refractivity contribution is 0.206. The first-order valence-electron chi connectivity index (χ1n) is 10.9. The molecule has 0 N–H and O–H groups in total. The Morgan fingerprint density at radius 2 is 1.17 bits per heavy atom. The van der Waals surface area contributed by atoms with Crippen molar-refractivity contribution in [3.8, 4) is 0 Å². The molecule has 0 rings (SSSR count). The van der Waals surface area contributed by atoms with Gasteiger partial charge in [-0.1, -0.05) is 107 Å². The molecule has 0 heteroatoms. The van der Waals surface area contributed by atoms with Crippen LogP contribution >= 0.6 is 0 Å². The summed E-state index contributed by atoms with van der Waals surface area (Å²) >= 11 is 0. The highest BCUT2D eigenvalue weighted by Gasteiger charge is 2.25. The fourth-order valence-electron chi connectivity index (χ4n) is 3.33. The zero-order valence-corrected chi connectivity index (χ0v) is 18.5. The van der Waals surface area contributed by atoms with Gasteiger partial charge >= 0.3 is 0 Å². The summed E-state index contributed by atoms with van der Waals surface area (Å²) in [5.74, 6) is 1.63. The van der Waals surface area contributed by atoms with Crippen molar-refractivity contribution in [2.24, 2.45) is 22.7 Å². The molecule has 1 radical (unpaired) electrons. The van der Waals surface area contributed by atoms with Crippen LogP contribution in [-0.4, -0.2) is 0 Å². The Kier molecular flexibility index (Phi) is 12.4. The third kappa shape index (κ3) is 12.4. The smallest absolute Gasteiger partial charge is 0.0354 e. The first kappa shape index (κ1) is 24.0. The van der Waals surface area contributed by atoms with E-state index in [9.17, 15) is 0 Å². The maximum Gasteiger partial charge on any atom is -0.0354 e. The lowest BCUT2D eigenvalue weighted by Crippen LogP contribution is -2.22. The third-order valence-corrected chi connectivity index (χ3v) is 6.08. The van der Waals surface area contributed by atoms with E-state index in [1.165, 1.54) is 70.6 Å². The van der Waals surface area contributed by atoms with Crippen LogP contribution in [0.1, 0.15) is 126 Å². The second kappa shape index (κ2) is 12.4. The molecule has 0 aromatic rings. The van der Waals surface area contributed by atoms with E-state index in [2.05, 4.69) is 61.8 Å². The number of hydrogen-bond donors (Lipinski definition) is 0. The van der Waals surface area contributed by atoms with Crippen molar-refractivity contribution in [3.05, 3.63) is 6.42 Å². The van der Waals surface area contributed by atoms with Crippen molar-refractivity contribution in [3.63, 3.8) is 0 Å². The van der Waals surface area contributed by atoms with Gasteiger partial charge in [-0.25, -0.2) is 0 Å². The minimum absolute atomic E-state index is 0.436. The second-order valence-corrected chi connectivity index (χ2v) is 10.4. The van der Waals surface area contributed by atoms with Gasteiger partial charge in [-0.05, 0) is 48.3 Å². The molecule has 0 aromatic carbocycles. The van der Waals surface area contributed by atoms with Gasteiger partial charge in [0.1, 0.15) is 0 Å². The maximum atomic E-state index is 2.59. The van der Waals surface area contributed by atoms with Crippen LogP contribution in [0.15, 0.2) is 0 Å². The lowest BCUT2D eigenvalue weighted by atomic mass is 9.73. The number of unbranched alkanes of at least 4 members (excludes halogenated alkanes) is 7. The summed E-state index contributed by atoms with van der Waals surface area (Å²) in [6.45, 7) is 19.1. The minimum atomic E-state index is 0.436. The molecule has 0 fully saturated rings. The van der Waals surface area contributed by atoms with Crippen molar-refractivity contribution < 1.29 is 0 Å². The highest BCUT2D eigenvalue weighted by molar-refractivity contribution is 4.83. The van der Waals surface area contributed by atoms with Gasteiger partial charge in [0.05, 0.1) is 0 Å². The topological polar surface area (TPSA) is 0 Å². The molecule has 0 aliphatic carbocycles. The van der Waals surface area contributed by atoms with Crippen molar-refractivity contribution in [1.29, 1.82) is 0 Å². The molecular formula is C24H49. The minimum Gasteiger partial charge on any atom is -0.0654 e. The van der Waals surface area contributed by atoms with Crippen LogP contribution < -0.4 is 0 Å². The Labute approximate surface area is 155 Å². The Bertz CT molecular complexity index is 275. The van der Waals surface area contributed by atoms with Crippen molar-refractivity contribution in [2.45, 2.75) is 126 Å². The van der Waals surface area contributed by atoms with Gasteiger partial charge in [0, 0.05) is 0 Å². The van der Waals surface area contributed by atoms with Gasteiger partial charge in [-0.2, -0.15) is 0 Å². The van der Waals surface area contributed by atoms with Crippen LogP contribution in [0.3, 0.4) is 0 Å². The summed E-state index contributed by atoms with van der Waals surface area (Å²) < 4.78 is 0. The van der Waals surface area contributed by atoms with Crippen LogP contribution in [0.4, 0.5) is 0 Å². The molecule has 0 aliphatic heterocycles. The molecule has 0 heterocycles. The Balaban J connectivity index is 3.95. The summed E-state index contributed by atoms with van der Waals surface area (Å²) in [5.41, 5.74) is 0.883. The normalized spacial score (nSPS) is 15.5. The molecule has 0 saturated heterocycles. The lowest BCUT2D eigenvalue weighted by Gasteiger charge is -2.32. The molecule has 0 saturated carbocycles. The summed E-state index contributed by atoms with van der Waals surface area (Å²) in [6, 6.07) is 0. The molecule has 0 bridgehead atoms. The van der Waals surface area contributed by atoms with Crippen LogP contribution in [0.2, 0.25) is 0 Å². The van der Waals surface area contributed by atoms with Gasteiger partial charge in [0.25, 0.3) is 0 Å². The molecule has 0 aliphatic rings. The van der Waals surface area contributed by atoms with Crippen LogP contribution in [-0.2, 0) is 0 Å². The molecule has 145 valence electrons. The van der Waals surface area contributed by atoms with Crippen molar-refractivity contribution in [2.75, 3.05) is 0 Å². The van der Waals surface area contributed by atoms with E-state index < -0.39 is 0 Å². The summed E-state index contributed by atoms with van der Waals surface area (Å²) in [6.07, 6.45) is 18.0. The largest absolute Gasteiger partial charge is 0.0654 e. The fraction of sp³-hybridized carbons (Fsp3) is 0.958. The molecule has 0 amide bonds. The van der Waals surface area contributed by atoms with Crippen LogP contribution in [0.5, 0.6) is 0 Å². The quantitative estimate of drug-likeness (QED) is 0.294. The zero-order chi connectivity index (χ0) is 18.6. The zero-order valence-electron chi connectivity index (χ0n) is 18.5. The molecular weight excluding hydrogens is 288 g/mol. The van der Waals surface area contributed by atoms with Gasteiger partial charge in [0.2, 0.25) is 0 Å². The predicted octanol–water partition coefficient (Wildman–Crippen LogP) is 8.85. The highest BCUT2D eigenvalue weighted by Crippen LogP contribution is 2.36. The van der Waals surface area contributed by atoms with Gasteiger partial charge in [-0.3, -0.25) is 0 Å². The number of hydrogen-bond acceptors (Lipinski definition) is 0. The summed E-state index contributed by atoms with van der Waals surface area (Å²) in [4.78, 5) is 0. The molecule has 2 atom stereocenters. The average Bonchev–Trinajstić information content (AvgIpc) is 2.45. The summed E-state index contributed by atoms with van der Waals surface area (Å²) in [7, 11) is 0. The first-order valence-corrected chi connectivity index (χ1v) is 10.9. The van der Waals surface area contributed by atoms with E-state index in [1.807, 2.05) is 0 Å². The molecule has 0 spiro atoms. The molecule has 24 heavy (non-hydrogen) atoms. The van der Waals surface area contributed by atoms with E-state index in [0.29, 0.717) is 10.8 Å². The van der Waals surface area contributed by atoms with E-state index >= 15 is 0 Å². The Morgan fingerprint density at radius 3 is 1.62 bits per heavy atom. The highest BCUT2D eigenvalue weighted by atomic mass is 14.3. The van der Waals surface area contributed by atoms with Gasteiger partial charge < -0.3 is 0 Å². The van der Waals surface area contributed by atoms with Crippen molar-refractivity contribution >= 4 is 0 Å². The summed E-state index contributed by atoms with van der Waals surface area (Å²) in [5, 5.41) is 0. The van der Waals surface area contributed by atoms with E-state index in [-0.39, 0.29) is 0 Å². The van der Waals surface area contributed by atoms with E-state index in [1.54, 1.807) is 0 Å². The maximum absolute atomic E-state index is 2.59. The fourth-order valence-corrected chi connectivity index (χ4v) is 3.33. The second-order valence-electron chi connectivity index (χ2n) is 10.4. The van der Waals surface area contributed by atoms with Gasteiger partial charge in [-0.15, -0.1) is 0 Å². The number of rotatable bonds is 13. The first-order chi connectivity index (χ1) is 11.1. The van der Waals surface area contributed by atoms with Crippen LogP contribution in [0.25, 0.3) is 0 Å². The molecule has 2 unspecified atom stereocenters. The van der Waals surface area contributed by atoms with Crippen molar-refractivity contribution in [1.82, 2.24) is 0 Å². The molecule has 0 aromatic heterocycles. The standard InChI is InChI=1S/C24H49/c1-9-10-11-12-13-14-15-16-19-22(24(6,7)8)20-17-18-21(2)23(3,4)5/h17,21-22H,9-16,18-20H2,1-8H3. The molecule has 0 nitrogen and oxygen atoms in total. The Hall–Kier alpha value is 0. The Morgan fingerprint density at radius 1 is 0.667 bits per heavy atom. The van der Waals surface area contributed by atoms with Crippen LogP contribution in [0, 0.1) is 29.1 Å². The third-order valence-electron chi connectivity index (χ3n) is 6.08. The predicted molar refractivity (Wildman–Crippen MR) is 112 cm³/mol.